The highest BCUT2D eigenvalue weighted by Gasteiger charge is 2.27. The van der Waals surface area contributed by atoms with Crippen LogP contribution in [0.5, 0.6) is 0 Å². The van der Waals surface area contributed by atoms with Gasteiger partial charge in [0.2, 0.25) is 0 Å². The first kappa shape index (κ1) is 16.6. The van der Waals surface area contributed by atoms with Gasteiger partial charge in [-0.1, -0.05) is 13.8 Å². The average molecular weight is 318 g/mol. The first-order chi connectivity index (χ1) is 10.4. The number of hydrogen-bond donors (Lipinski definition) is 2. The molecular weight excluding hydrogens is 296 g/mol. The number of hydrogen-bond acceptors (Lipinski definition) is 5. The van der Waals surface area contributed by atoms with E-state index < -0.39 is 5.54 Å². The summed E-state index contributed by atoms with van der Waals surface area (Å²) in [5.74, 6) is 0.342. The van der Waals surface area contributed by atoms with Gasteiger partial charge in [-0.25, -0.2) is 4.98 Å². The molecule has 0 aliphatic carbocycles. The number of carbonyl (C=O) groups is 1. The molecule has 0 spiro atoms. The summed E-state index contributed by atoms with van der Waals surface area (Å²) in [7, 11) is 0. The molecule has 0 radical (unpaired) electrons. The minimum Gasteiger partial charge on any atom is -0.345 e. The lowest BCUT2D eigenvalue weighted by atomic mass is 9.90. The Labute approximate surface area is 135 Å². The second kappa shape index (κ2) is 6.98. The smallest absolute Gasteiger partial charge is 0.263 e. The van der Waals surface area contributed by atoms with Crippen LogP contribution in [0.3, 0.4) is 0 Å². The zero-order valence-electron chi connectivity index (χ0n) is 13.2. The van der Waals surface area contributed by atoms with E-state index in [4.69, 9.17) is 5.73 Å². The lowest BCUT2D eigenvalue weighted by Gasteiger charge is -2.30. The number of thiazole rings is 1. The maximum atomic E-state index is 12.4. The number of nitrogens with two attached hydrogens (primary N) is 1. The van der Waals surface area contributed by atoms with E-state index in [0.717, 1.165) is 17.0 Å². The summed E-state index contributed by atoms with van der Waals surface area (Å²) in [6, 6.07) is 3.76. The molecule has 0 fully saturated rings. The van der Waals surface area contributed by atoms with Crippen LogP contribution in [0.25, 0.3) is 10.6 Å². The largest absolute Gasteiger partial charge is 0.345 e. The highest BCUT2D eigenvalue weighted by molar-refractivity contribution is 7.16. The van der Waals surface area contributed by atoms with E-state index in [2.05, 4.69) is 29.1 Å². The summed E-state index contributed by atoms with van der Waals surface area (Å²) in [5, 5.41) is 3.86. The fraction of sp³-hybridized carbons (Fsp3) is 0.438. The fourth-order valence-corrected chi connectivity index (χ4v) is 3.25. The van der Waals surface area contributed by atoms with Crippen LogP contribution >= 0.6 is 11.3 Å². The highest BCUT2D eigenvalue weighted by Crippen LogP contribution is 2.25. The Hall–Kier alpha value is -1.79. The van der Waals surface area contributed by atoms with E-state index in [9.17, 15) is 4.79 Å². The van der Waals surface area contributed by atoms with Crippen molar-refractivity contribution in [1.82, 2.24) is 15.3 Å². The number of nitrogens with one attached hydrogen (secondary N) is 1. The first-order valence-electron chi connectivity index (χ1n) is 7.32. The molecule has 3 N–H and O–H groups in total. The Bertz CT molecular complexity index is 626. The van der Waals surface area contributed by atoms with Crippen molar-refractivity contribution in [1.29, 1.82) is 0 Å². The van der Waals surface area contributed by atoms with Crippen molar-refractivity contribution >= 4 is 17.2 Å². The molecule has 1 unspecified atom stereocenters. The van der Waals surface area contributed by atoms with Crippen LogP contribution in [-0.2, 0) is 0 Å². The quantitative estimate of drug-likeness (QED) is 0.858. The van der Waals surface area contributed by atoms with Crippen LogP contribution in [-0.4, -0.2) is 28.0 Å². The Kier molecular flexibility index (Phi) is 5.26. The Morgan fingerprint density at radius 1 is 1.41 bits per heavy atom. The van der Waals surface area contributed by atoms with Gasteiger partial charge in [0.25, 0.3) is 5.91 Å². The third-order valence-corrected chi connectivity index (χ3v) is 4.43. The summed E-state index contributed by atoms with van der Waals surface area (Å²) >= 11 is 1.37. The molecule has 6 heteroatoms. The van der Waals surface area contributed by atoms with Crippen molar-refractivity contribution in [3.8, 4) is 10.6 Å². The third kappa shape index (κ3) is 4.11. The summed E-state index contributed by atoms with van der Waals surface area (Å²) < 4.78 is 0. The number of rotatable bonds is 6. The minimum absolute atomic E-state index is 0.119. The fourth-order valence-electron chi connectivity index (χ4n) is 2.43. The van der Waals surface area contributed by atoms with Crippen molar-refractivity contribution < 1.29 is 4.79 Å². The summed E-state index contributed by atoms with van der Waals surface area (Å²) in [6.45, 7) is 6.63. The number of amides is 1. The topological polar surface area (TPSA) is 80.9 Å². The van der Waals surface area contributed by atoms with Gasteiger partial charge in [0.15, 0.2) is 0 Å². The molecule has 0 aliphatic heterocycles. The van der Waals surface area contributed by atoms with Crippen molar-refractivity contribution in [2.45, 2.75) is 32.7 Å². The van der Waals surface area contributed by atoms with E-state index in [1.165, 1.54) is 11.3 Å². The van der Waals surface area contributed by atoms with E-state index >= 15 is 0 Å². The molecule has 2 heterocycles. The van der Waals surface area contributed by atoms with Gasteiger partial charge in [0.1, 0.15) is 9.88 Å². The van der Waals surface area contributed by atoms with Gasteiger partial charge in [-0.2, -0.15) is 0 Å². The van der Waals surface area contributed by atoms with Crippen molar-refractivity contribution in [2.75, 3.05) is 6.54 Å². The number of pyridine rings is 1. The molecule has 2 aromatic heterocycles. The zero-order chi connectivity index (χ0) is 16.2. The highest BCUT2D eigenvalue weighted by atomic mass is 32.1. The van der Waals surface area contributed by atoms with Crippen LogP contribution in [0.1, 0.15) is 36.9 Å². The Morgan fingerprint density at radius 2 is 2.09 bits per heavy atom. The SMILES string of the molecule is CC(C)CC(C)(CN)NC(=O)c1cnc(-c2ccncc2)s1. The van der Waals surface area contributed by atoms with Gasteiger partial charge >= 0.3 is 0 Å². The second-order valence-electron chi connectivity index (χ2n) is 6.08. The lowest BCUT2D eigenvalue weighted by molar-refractivity contribution is 0.0902. The normalized spacial score (nSPS) is 13.9. The van der Waals surface area contributed by atoms with Gasteiger partial charge < -0.3 is 11.1 Å². The van der Waals surface area contributed by atoms with Crippen LogP contribution in [0.15, 0.2) is 30.7 Å². The molecule has 118 valence electrons. The first-order valence-corrected chi connectivity index (χ1v) is 8.14. The van der Waals surface area contributed by atoms with Gasteiger partial charge in [0.05, 0.1) is 11.7 Å². The number of aromatic nitrogens is 2. The molecule has 22 heavy (non-hydrogen) atoms. The lowest BCUT2D eigenvalue weighted by Crippen LogP contribution is -2.52. The second-order valence-corrected chi connectivity index (χ2v) is 7.11. The van der Waals surface area contributed by atoms with Crippen LogP contribution < -0.4 is 11.1 Å². The predicted molar refractivity (Wildman–Crippen MR) is 89.7 cm³/mol. The number of carbonyl (C=O) groups excluding carboxylic acids is 1. The van der Waals surface area contributed by atoms with Gasteiger partial charge in [-0.15, -0.1) is 11.3 Å². The van der Waals surface area contributed by atoms with Gasteiger partial charge in [-0.05, 0) is 31.4 Å². The molecule has 1 amide bonds. The summed E-state index contributed by atoms with van der Waals surface area (Å²) in [6.07, 6.45) is 5.88. The number of nitrogens with zero attached hydrogens (tertiary/aromatic N) is 2. The molecule has 0 saturated heterocycles. The molecule has 5 nitrogen and oxygen atoms in total. The predicted octanol–water partition coefficient (Wildman–Crippen LogP) is 2.70. The Balaban J connectivity index is 2.12. The minimum atomic E-state index is -0.397. The molecular formula is C16H22N4OS. The van der Waals surface area contributed by atoms with Crippen molar-refractivity contribution in [2.24, 2.45) is 11.7 Å². The van der Waals surface area contributed by atoms with Gasteiger partial charge in [-0.3, -0.25) is 9.78 Å². The monoisotopic (exact) mass is 318 g/mol. The maximum absolute atomic E-state index is 12.4. The third-order valence-electron chi connectivity index (χ3n) is 3.38. The summed E-state index contributed by atoms with van der Waals surface area (Å²) in [4.78, 5) is 21.3. The summed E-state index contributed by atoms with van der Waals surface area (Å²) in [5.41, 5.74) is 6.41. The van der Waals surface area contributed by atoms with E-state index in [0.29, 0.717) is 17.3 Å². The van der Waals surface area contributed by atoms with Crippen LogP contribution in [0.4, 0.5) is 0 Å². The molecule has 0 saturated carbocycles. The molecule has 2 aromatic rings. The van der Waals surface area contributed by atoms with E-state index in [1.807, 2.05) is 19.1 Å². The van der Waals surface area contributed by atoms with Crippen molar-refractivity contribution in [3.63, 3.8) is 0 Å². The molecule has 1 atom stereocenters. The average Bonchev–Trinajstić information content (AvgIpc) is 2.97. The maximum Gasteiger partial charge on any atom is 0.263 e. The van der Waals surface area contributed by atoms with E-state index in [1.54, 1.807) is 18.6 Å². The molecule has 2 rings (SSSR count). The van der Waals surface area contributed by atoms with Crippen LogP contribution in [0, 0.1) is 5.92 Å². The molecule has 0 aliphatic rings. The van der Waals surface area contributed by atoms with Crippen LogP contribution in [0.2, 0.25) is 0 Å². The van der Waals surface area contributed by atoms with Crippen molar-refractivity contribution in [3.05, 3.63) is 35.6 Å². The Morgan fingerprint density at radius 3 is 2.68 bits per heavy atom. The zero-order valence-corrected chi connectivity index (χ0v) is 14.0. The van der Waals surface area contributed by atoms with Gasteiger partial charge in [0, 0.05) is 24.5 Å². The van der Waals surface area contributed by atoms with E-state index in [-0.39, 0.29) is 5.91 Å². The standard InChI is InChI=1S/C16H22N4OS/c1-11(2)8-16(3,10-17)20-14(21)13-9-19-15(22-13)12-4-6-18-7-5-12/h4-7,9,11H,8,10,17H2,1-3H3,(H,20,21). The molecule has 0 aromatic carbocycles. The molecule has 0 bridgehead atoms.